The summed E-state index contributed by atoms with van der Waals surface area (Å²) in [5, 5.41) is 9.78. The minimum Gasteiger partial charge on any atom is -0.509 e. The molecule has 0 radical (unpaired) electrons. The monoisotopic (exact) mass is 192 g/mol. The third kappa shape index (κ3) is 1.35. The Balaban J connectivity index is 2.15. The number of phenols is 1. The number of benzene rings is 2. The van der Waals surface area contributed by atoms with Crippen molar-refractivity contribution in [1.29, 1.82) is 0 Å². The van der Waals surface area contributed by atoms with Crippen LogP contribution in [0, 0.1) is 0 Å². The van der Waals surface area contributed by atoms with Crippen molar-refractivity contribution in [3.05, 3.63) is 42.5 Å². The Kier molecular flexibility index (Phi) is 1.84. The molecular formula is C12H10B2O. The van der Waals surface area contributed by atoms with Crippen molar-refractivity contribution < 1.29 is 5.11 Å². The van der Waals surface area contributed by atoms with Gasteiger partial charge < -0.3 is 5.11 Å². The molecule has 1 aliphatic rings. The van der Waals surface area contributed by atoms with Gasteiger partial charge in [-0.2, -0.15) is 0 Å². The van der Waals surface area contributed by atoms with Crippen molar-refractivity contribution in [2.45, 2.75) is 0 Å². The normalized spacial score (nSPS) is 12.0. The third-order valence-corrected chi connectivity index (χ3v) is 3.11. The highest BCUT2D eigenvalue weighted by molar-refractivity contribution is 6.87. The Morgan fingerprint density at radius 1 is 0.733 bits per heavy atom. The molecule has 0 amide bonds. The summed E-state index contributed by atoms with van der Waals surface area (Å²) in [5.74, 6) is 0.432. The van der Waals surface area contributed by atoms with Gasteiger partial charge in [0.15, 0.2) is 14.6 Å². The molecule has 70 valence electrons. The molecule has 1 heterocycles. The number of hydrogen-bond acceptors (Lipinski definition) is 1. The van der Waals surface area contributed by atoms with E-state index in [1.165, 1.54) is 16.4 Å². The second-order valence-electron chi connectivity index (χ2n) is 4.04. The van der Waals surface area contributed by atoms with E-state index in [-0.39, 0.29) is 0 Å². The number of phenolic OH excluding ortho intramolecular Hbond substituents is 1. The van der Waals surface area contributed by atoms with Crippen LogP contribution >= 0.6 is 0 Å². The maximum atomic E-state index is 9.78. The van der Waals surface area contributed by atoms with E-state index in [1.54, 1.807) is 6.07 Å². The van der Waals surface area contributed by atoms with Crippen LogP contribution < -0.4 is 21.9 Å². The first-order valence-electron chi connectivity index (χ1n) is 5.21. The Morgan fingerprint density at radius 2 is 1.40 bits per heavy atom. The summed E-state index contributed by atoms with van der Waals surface area (Å²) in [4.78, 5) is 0. The largest absolute Gasteiger partial charge is 0.509 e. The molecule has 2 aromatic rings. The van der Waals surface area contributed by atoms with Crippen LogP contribution in [0.15, 0.2) is 42.5 Å². The molecule has 0 unspecified atom stereocenters. The van der Waals surface area contributed by atoms with Gasteiger partial charge in [0, 0.05) is 0 Å². The van der Waals surface area contributed by atoms with E-state index in [2.05, 4.69) is 30.3 Å². The molecule has 0 aromatic heterocycles. The van der Waals surface area contributed by atoms with E-state index in [9.17, 15) is 5.11 Å². The summed E-state index contributed by atoms with van der Waals surface area (Å²) < 4.78 is 0. The molecule has 0 fully saturated rings. The van der Waals surface area contributed by atoms with Crippen LogP contribution in [-0.2, 0) is 0 Å². The zero-order valence-electron chi connectivity index (χ0n) is 8.40. The summed E-state index contributed by atoms with van der Waals surface area (Å²) in [6, 6.07) is 14.2. The lowest BCUT2D eigenvalue weighted by Gasteiger charge is -2.18. The van der Waals surface area contributed by atoms with Gasteiger partial charge >= 0.3 is 0 Å². The van der Waals surface area contributed by atoms with Gasteiger partial charge in [-0.15, -0.1) is 0 Å². The van der Waals surface area contributed by atoms with Crippen LogP contribution in [0.2, 0.25) is 0 Å². The Labute approximate surface area is 90.3 Å². The average Bonchev–Trinajstić information content (AvgIpc) is 2.27. The number of rotatable bonds is 0. The smallest absolute Gasteiger partial charge is 0.195 e. The van der Waals surface area contributed by atoms with E-state index < -0.39 is 0 Å². The molecule has 1 aliphatic heterocycles. The molecular weight excluding hydrogens is 182 g/mol. The Morgan fingerprint density at radius 3 is 2.20 bits per heavy atom. The lowest BCUT2D eigenvalue weighted by Crippen LogP contribution is -2.56. The molecule has 0 spiro atoms. The highest BCUT2D eigenvalue weighted by atomic mass is 16.3. The molecule has 0 saturated carbocycles. The van der Waals surface area contributed by atoms with Crippen LogP contribution in [0.5, 0.6) is 5.75 Å². The average molecular weight is 192 g/mol. The van der Waals surface area contributed by atoms with E-state index in [0.717, 1.165) is 20.0 Å². The van der Waals surface area contributed by atoms with Gasteiger partial charge in [0.1, 0.15) is 5.75 Å². The molecule has 0 aliphatic carbocycles. The third-order valence-electron chi connectivity index (χ3n) is 3.11. The van der Waals surface area contributed by atoms with Gasteiger partial charge in [0.05, 0.1) is 0 Å². The molecule has 0 atom stereocenters. The predicted octanol–water partition coefficient (Wildman–Crippen LogP) is -1.52. The highest BCUT2D eigenvalue weighted by Gasteiger charge is 2.18. The van der Waals surface area contributed by atoms with Crippen molar-refractivity contribution in [3.8, 4) is 5.75 Å². The topological polar surface area (TPSA) is 20.2 Å². The van der Waals surface area contributed by atoms with Crippen molar-refractivity contribution in [2.75, 3.05) is 0 Å². The van der Waals surface area contributed by atoms with Gasteiger partial charge in [0.2, 0.25) is 0 Å². The first-order valence-corrected chi connectivity index (χ1v) is 5.21. The first-order chi connectivity index (χ1) is 7.34. The second-order valence-corrected chi connectivity index (χ2v) is 4.04. The lowest BCUT2D eigenvalue weighted by atomic mass is 9.44. The molecule has 0 saturated heterocycles. The summed E-state index contributed by atoms with van der Waals surface area (Å²) in [6.45, 7) is 0. The molecule has 1 N–H and O–H groups in total. The van der Waals surface area contributed by atoms with Crippen molar-refractivity contribution >= 4 is 36.4 Å². The molecule has 2 aromatic carbocycles. The standard InChI is InChI=1S/C12H10B2O/c15-11-7-3-6-10-12(11)14-9-5-2-1-4-8(9)13-10/h1-7,13-15H. The number of fused-ring (bicyclic) bond motifs is 2. The van der Waals surface area contributed by atoms with Crippen LogP contribution in [0.4, 0.5) is 0 Å². The summed E-state index contributed by atoms with van der Waals surface area (Å²) in [5.41, 5.74) is 5.08. The van der Waals surface area contributed by atoms with Crippen LogP contribution in [0.1, 0.15) is 0 Å². The van der Waals surface area contributed by atoms with E-state index in [1.807, 2.05) is 6.07 Å². The van der Waals surface area contributed by atoms with Gasteiger partial charge in [-0.25, -0.2) is 0 Å². The first kappa shape index (κ1) is 8.66. The summed E-state index contributed by atoms with van der Waals surface area (Å²) in [6.07, 6.45) is 0. The van der Waals surface area contributed by atoms with Crippen LogP contribution in [0.3, 0.4) is 0 Å². The highest BCUT2D eigenvalue weighted by Crippen LogP contribution is 2.01. The fourth-order valence-electron chi connectivity index (χ4n) is 2.29. The maximum absolute atomic E-state index is 9.78. The fourth-order valence-corrected chi connectivity index (χ4v) is 2.29. The zero-order valence-corrected chi connectivity index (χ0v) is 8.40. The van der Waals surface area contributed by atoms with E-state index in [0.29, 0.717) is 5.75 Å². The molecule has 3 rings (SSSR count). The quantitative estimate of drug-likeness (QED) is 0.429. The molecule has 0 bridgehead atoms. The molecule has 3 heteroatoms. The Hall–Kier alpha value is -1.63. The van der Waals surface area contributed by atoms with Crippen LogP contribution in [-0.4, -0.2) is 19.7 Å². The van der Waals surface area contributed by atoms with Gasteiger partial charge in [-0.05, 0) is 11.5 Å². The van der Waals surface area contributed by atoms with Crippen molar-refractivity contribution in [1.82, 2.24) is 0 Å². The summed E-state index contributed by atoms with van der Waals surface area (Å²) in [7, 11) is 1.80. The van der Waals surface area contributed by atoms with E-state index >= 15 is 0 Å². The second kappa shape index (κ2) is 3.20. The number of aromatic hydroxyl groups is 1. The summed E-state index contributed by atoms with van der Waals surface area (Å²) >= 11 is 0. The van der Waals surface area contributed by atoms with Crippen LogP contribution in [0.25, 0.3) is 0 Å². The zero-order chi connectivity index (χ0) is 10.3. The van der Waals surface area contributed by atoms with Gasteiger partial charge in [-0.1, -0.05) is 52.8 Å². The van der Waals surface area contributed by atoms with E-state index in [4.69, 9.17) is 0 Å². The minimum atomic E-state index is 0.432. The predicted molar refractivity (Wildman–Crippen MR) is 67.4 cm³/mol. The Bertz CT molecular complexity index is 523. The van der Waals surface area contributed by atoms with Gasteiger partial charge in [-0.3, -0.25) is 0 Å². The lowest BCUT2D eigenvalue weighted by molar-refractivity contribution is 0.480. The molecule has 1 nitrogen and oxygen atoms in total. The van der Waals surface area contributed by atoms with Crippen molar-refractivity contribution in [2.24, 2.45) is 0 Å². The minimum absolute atomic E-state index is 0.432. The number of hydrogen-bond donors (Lipinski definition) is 1. The SMILES string of the molecule is Oc1cccc2c1Bc1ccccc1B2. The van der Waals surface area contributed by atoms with Crippen molar-refractivity contribution in [3.63, 3.8) is 0 Å². The molecule has 15 heavy (non-hydrogen) atoms. The maximum Gasteiger partial charge on any atom is 0.195 e. The fraction of sp³-hybridized carbons (Fsp3) is 0. The van der Waals surface area contributed by atoms with Gasteiger partial charge in [0.25, 0.3) is 0 Å².